The van der Waals surface area contributed by atoms with Gasteiger partial charge in [-0.1, -0.05) is 18.2 Å². The fourth-order valence-electron chi connectivity index (χ4n) is 1.63. The lowest BCUT2D eigenvalue weighted by molar-refractivity contribution is 0.0999. The maximum absolute atomic E-state index is 11.2. The normalized spacial score (nSPS) is 10.9. The van der Waals surface area contributed by atoms with Gasteiger partial charge in [0.15, 0.2) is 0 Å². The molecule has 0 bridgehead atoms. The van der Waals surface area contributed by atoms with Crippen LogP contribution in [-0.4, -0.2) is 51.2 Å². The van der Waals surface area contributed by atoms with E-state index in [1.807, 2.05) is 32.3 Å². The number of carbonyl (C=O) groups is 1. The molecule has 5 heteroatoms. The van der Waals surface area contributed by atoms with Gasteiger partial charge < -0.3 is 20.7 Å². The summed E-state index contributed by atoms with van der Waals surface area (Å²) in [7, 11) is 4.03. The molecule has 0 radical (unpaired) electrons. The monoisotopic (exact) mass is 265 g/mol. The Balaban J connectivity index is 2.21. The maximum Gasteiger partial charge on any atom is 0.249 e. The summed E-state index contributed by atoms with van der Waals surface area (Å²) in [4.78, 5) is 13.3. The van der Waals surface area contributed by atoms with E-state index in [1.54, 1.807) is 6.07 Å². The van der Waals surface area contributed by atoms with E-state index in [9.17, 15) is 4.79 Å². The molecular formula is C14H23N3O2. The summed E-state index contributed by atoms with van der Waals surface area (Å²) < 4.78 is 5.46. The molecule has 0 aromatic heterocycles. The Morgan fingerprint density at radius 2 is 2.05 bits per heavy atom. The molecule has 0 spiro atoms. The van der Waals surface area contributed by atoms with Crippen molar-refractivity contribution in [3.8, 4) is 0 Å². The van der Waals surface area contributed by atoms with Crippen molar-refractivity contribution < 1.29 is 9.53 Å². The molecule has 1 aromatic rings. The second-order valence-electron chi connectivity index (χ2n) is 4.61. The van der Waals surface area contributed by atoms with Crippen LogP contribution in [0.15, 0.2) is 24.3 Å². The number of rotatable bonds is 9. The van der Waals surface area contributed by atoms with Crippen LogP contribution < -0.4 is 11.1 Å². The third kappa shape index (κ3) is 6.33. The minimum absolute atomic E-state index is 0.389. The van der Waals surface area contributed by atoms with E-state index in [1.165, 1.54) is 0 Å². The standard InChI is InChI=1S/C14H23N3O2/c1-17(2)8-10-19-9-7-16-11-12-5-3-4-6-13(12)14(15)18/h3-6,16H,7-11H2,1-2H3,(H2,15,18). The average Bonchev–Trinajstić information content (AvgIpc) is 2.37. The van der Waals surface area contributed by atoms with Crippen molar-refractivity contribution in [3.63, 3.8) is 0 Å². The van der Waals surface area contributed by atoms with Crippen LogP contribution in [0.4, 0.5) is 0 Å². The Morgan fingerprint density at radius 3 is 2.74 bits per heavy atom. The second-order valence-corrected chi connectivity index (χ2v) is 4.61. The van der Waals surface area contributed by atoms with Crippen molar-refractivity contribution in [2.45, 2.75) is 6.54 Å². The first kappa shape index (κ1) is 15.6. The summed E-state index contributed by atoms with van der Waals surface area (Å²) in [5.41, 5.74) is 6.81. The number of nitrogens with one attached hydrogen (secondary N) is 1. The van der Waals surface area contributed by atoms with Crippen molar-refractivity contribution in [1.29, 1.82) is 0 Å². The Hall–Kier alpha value is -1.43. The molecule has 1 amide bonds. The summed E-state index contributed by atoms with van der Waals surface area (Å²) in [5, 5.41) is 3.24. The van der Waals surface area contributed by atoms with Gasteiger partial charge in [0.2, 0.25) is 5.91 Å². The first-order valence-corrected chi connectivity index (χ1v) is 6.42. The van der Waals surface area contributed by atoms with E-state index < -0.39 is 0 Å². The zero-order valence-corrected chi connectivity index (χ0v) is 11.7. The molecule has 0 saturated heterocycles. The van der Waals surface area contributed by atoms with Crippen LogP contribution in [0.1, 0.15) is 15.9 Å². The van der Waals surface area contributed by atoms with E-state index in [0.717, 1.165) is 25.3 Å². The predicted octanol–water partition coefficient (Wildman–Crippen LogP) is 0.453. The van der Waals surface area contributed by atoms with Crippen LogP contribution in [0.2, 0.25) is 0 Å². The third-order valence-electron chi connectivity index (χ3n) is 2.70. The van der Waals surface area contributed by atoms with Gasteiger partial charge in [-0.15, -0.1) is 0 Å². The molecule has 19 heavy (non-hydrogen) atoms. The Labute approximate surface area is 114 Å². The summed E-state index contributed by atoms with van der Waals surface area (Å²) in [6.45, 7) is 3.68. The first-order valence-electron chi connectivity index (χ1n) is 6.42. The minimum atomic E-state index is -0.389. The van der Waals surface area contributed by atoms with Crippen molar-refractivity contribution >= 4 is 5.91 Å². The molecule has 0 atom stereocenters. The topological polar surface area (TPSA) is 67.6 Å². The first-order chi connectivity index (χ1) is 9.11. The van der Waals surface area contributed by atoms with E-state index in [0.29, 0.717) is 18.7 Å². The lowest BCUT2D eigenvalue weighted by atomic mass is 10.1. The van der Waals surface area contributed by atoms with Crippen LogP contribution in [0.25, 0.3) is 0 Å². The number of nitrogens with zero attached hydrogens (tertiary/aromatic N) is 1. The molecule has 0 aliphatic carbocycles. The number of likely N-dealkylation sites (N-methyl/N-ethyl adjacent to an activating group) is 1. The van der Waals surface area contributed by atoms with Crippen LogP contribution in [0, 0.1) is 0 Å². The van der Waals surface area contributed by atoms with Gasteiger partial charge in [-0.05, 0) is 25.7 Å². The van der Waals surface area contributed by atoms with Gasteiger partial charge in [-0.3, -0.25) is 4.79 Å². The quantitative estimate of drug-likeness (QED) is 0.636. The van der Waals surface area contributed by atoms with Crippen molar-refractivity contribution in [1.82, 2.24) is 10.2 Å². The molecule has 106 valence electrons. The highest BCUT2D eigenvalue weighted by molar-refractivity contribution is 5.94. The molecule has 1 aromatic carbocycles. The van der Waals surface area contributed by atoms with Crippen LogP contribution in [-0.2, 0) is 11.3 Å². The van der Waals surface area contributed by atoms with E-state index in [-0.39, 0.29) is 5.91 Å². The summed E-state index contributed by atoms with van der Waals surface area (Å²) in [5.74, 6) is -0.389. The van der Waals surface area contributed by atoms with E-state index >= 15 is 0 Å². The number of amides is 1. The van der Waals surface area contributed by atoms with Crippen LogP contribution in [0.5, 0.6) is 0 Å². The van der Waals surface area contributed by atoms with Gasteiger partial charge in [-0.2, -0.15) is 0 Å². The van der Waals surface area contributed by atoms with Crippen molar-refractivity contribution in [2.24, 2.45) is 5.73 Å². The number of ether oxygens (including phenoxy) is 1. The number of hydrogen-bond donors (Lipinski definition) is 2. The van der Waals surface area contributed by atoms with Gasteiger partial charge in [0.25, 0.3) is 0 Å². The van der Waals surface area contributed by atoms with Gasteiger partial charge >= 0.3 is 0 Å². The molecule has 0 aliphatic heterocycles. The highest BCUT2D eigenvalue weighted by atomic mass is 16.5. The third-order valence-corrected chi connectivity index (χ3v) is 2.70. The van der Waals surface area contributed by atoms with E-state index in [4.69, 9.17) is 10.5 Å². The number of carbonyl (C=O) groups excluding carboxylic acids is 1. The number of hydrogen-bond acceptors (Lipinski definition) is 4. The molecule has 0 saturated carbocycles. The predicted molar refractivity (Wildman–Crippen MR) is 76.0 cm³/mol. The van der Waals surface area contributed by atoms with Crippen LogP contribution >= 0.6 is 0 Å². The Bertz CT molecular complexity index is 394. The zero-order chi connectivity index (χ0) is 14.1. The second kappa shape index (κ2) is 8.63. The average molecular weight is 265 g/mol. The molecule has 0 aliphatic rings. The van der Waals surface area contributed by atoms with Gasteiger partial charge in [0, 0.05) is 25.2 Å². The Kier molecular flexibility index (Phi) is 7.10. The highest BCUT2D eigenvalue weighted by Gasteiger charge is 2.05. The summed E-state index contributed by atoms with van der Waals surface area (Å²) in [6, 6.07) is 7.36. The van der Waals surface area contributed by atoms with Gasteiger partial charge in [-0.25, -0.2) is 0 Å². The smallest absolute Gasteiger partial charge is 0.249 e. The molecule has 5 nitrogen and oxygen atoms in total. The van der Waals surface area contributed by atoms with Crippen molar-refractivity contribution in [3.05, 3.63) is 35.4 Å². The van der Waals surface area contributed by atoms with Gasteiger partial charge in [0.1, 0.15) is 0 Å². The fraction of sp³-hybridized carbons (Fsp3) is 0.500. The molecule has 3 N–H and O–H groups in total. The molecule has 0 unspecified atom stereocenters. The lowest BCUT2D eigenvalue weighted by Gasteiger charge is -2.11. The maximum atomic E-state index is 11.2. The lowest BCUT2D eigenvalue weighted by Crippen LogP contribution is -2.24. The molecule has 1 rings (SSSR count). The summed E-state index contributed by atoms with van der Waals surface area (Å²) in [6.07, 6.45) is 0. The van der Waals surface area contributed by atoms with Gasteiger partial charge in [0.05, 0.1) is 13.2 Å². The number of nitrogens with two attached hydrogens (primary N) is 1. The largest absolute Gasteiger partial charge is 0.379 e. The molecule has 0 fully saturated rings. The van der Waals surface area contributed by atoms with Crippen LogP contribution in [0.3, 0.4) is 0 Å². The Morgan fingerprint density at radius 1 is 1.32 bits per heavy atom. The minimum Gasteiger partial charge on any atom is -0.379 e. The van der Waals surface area contributed by atoms with E-state index in [2.05, 4.69) is 10.2 Å². The number of primary amides is 1. The molecule has 0 heterocycles. The highest BCUT2D eigenvalue weighted by Crippen LogP contribution is 2.07. The SMILES string of the molecule is CN(C)CCOCCNCc1ccccc1C(N)=O. The van der Waals surface area contributed by atoms with Crippen molar-refractivity contribution in [2.75, 3.05) is 40.4 Å². The summed E-state index contributed by atoms with van der Waals surface area (Å²) >= 11 is 0. The zero-order valence-electron chi connectivity index (χ0n) is 11.7. The fourth-order valence-corrected chi connectivity index (χ4v) is 1.63. The number of benzene rings is 1. The molecular weight excluding hydrogens is 242 g/mol.